The normalized spacial score (nSPS) is 15.2. The van der Waals surface area contributed by atoms with E-state index in [1.165, 1.54) is 34.6 Å². The SMILES string of the molecule is O=c1ccc2cc(S(=O)(=O)N3CCc4c(F)cc(F)cc4C3)ccc2[nH]1. The minimum Gasteiger partial charge on any atom is -0.322 e. The van der Waals surface area contributed by atoms with E-state index in [4.69, 9.17) is 0 Å². The van der Waals surface area contributed by atoms with E-state index in [1.54, 1.807) is 6.07 Å². The summed E-state index contributed by atoms with van der Waals surface area (Å²) in [6, 6.07) is 9.27. The molecule has 0 atom stereocenters. The molecule has 2 heterocycles. The van der Waals surface area contributed by atoms with E-state index in [9.17, 15) is 22.0 Å². The van der Waals surface area contributed by atoms with Gasteiger partial charge in [-0.1, -0.05) is 0 Å². The van der Waals surface area contributed by atoms with Crippen molar-refractivity contribution in [3.63, 3.8) is 0 Å². The number of aromatic amines is 1. The number of fused-ring (bicyclic) bond motifs is 2. The number of halogens is 2. The first-order valence-corrected chi connectivity index (χ1v) is 9.39. The molecule has 5 nitrogen and oxygen atoms in total. The third kappa shape index (κ3) is 2.81. The molecular weight excluding hydrogens is 362 g/mol. The molecule has 0 fully saturated rings. The molecule has 0 radical (unpaired) electrons. The molecule has 0 aliphatic carbocycles. The quantitative estimate of drug-likeness (QED) is 0.747. The van der Waals surface area contributed by atoms with Gasteiger partial charge >= 0.3 is 0 Å². The zero-order valence-electron chi connectivity index (χ0n) is 13.5. The molecule has 0 spiro atoms. The van der Waals surface area contributed by atoms with Gasteiger partial charge in [0, 0.05) is 30.7 Å². The summed E-state index contributed by atoms with van der Waals surface area (Å²) < 4.78 is 54.4. The van der Waals surface area contributed by atoms with Gasteiger partial charge in [0.1, 0.15) is 11.6 Å². The molecule has 2 aromatic carbocycles. The van der Waals surface area contributed by atoms with Crippen LogP contribution in [-0.4, -0.2) is 24.3 Å². The van der Waals surface area contributed by atoms with E-state index in [0.717, 1.165) is 6.07 Å². The molecule has 1 aliphatic rings. The number of nitrogens with one attached hydrogen (secondary N) is 1. The summed E-state index contributed by atoms with van der Waals surface area (Å²) in [4.78, 5) is 14.0. The van der Waals surface area contributed by atoms with Crippen molar-refractivity contribution < 1.29 is 17.2 Å². The Balaban J connectivity index is 1.73. The van der Waals surface area contributed by atoms with Crippen molar-refractivity contribution in [2.75, 3.05) is 6.54 Å². The molecule has 26 heavy (non-hydrogen) atoms. The monoisotopic (exact) mass is 376 g/mol. The van der Waals surface area contributed by atoms with Gasteiger partial charge in [-0.2, -0.15) is 4.31 Å². The summed E-state index contributed by atoms with van der Waals surface area (Å²) >= 11 is 0. The average molecular weight is 376 g/mol. The van der Waals surface area contributed by atoms with Crippen LogP contribution in [0.4, 0.5) is 8.78 Å². The summed E-state index contributed by atoms with van der Waals surface area (Å²) in [5.74, 6) is -1.37. The fourth-order valence-corrected chi connectivity index (χ4v) is 4.69. The fraction of sp³-hybridized carbons (Fsp3) is 0.167. The molecule has 1 aliphatic heterocycles. The molecule has 3 aromatic rings. The molecule has 1 N–H and O–H groups in total. The first kappa shape index (κ1) is 16.9. The molecule has 0 unspecified atom stereocenters. The standard InChI is InChI=1S/C18H14F2N2O3S/c19-13-7-12-10-22(6-5-15(12)16(20)9-13)26(24,25)14-2-3-17-11(8-14)1-4-18(23)21-17/h1-4,7-9H,5-6,10H2,(H,21,23). The maximum Gasteiger partial charge on any atom is 0.248 e. The Morgan fingerprint density at radius 2 is 1.85 bits per heavy atom. The van der Waals surface area contributed by atoms with Gasteiger partial charge in [-0.05, 0) is 53.3 Å². The van der Waals surface area contributed by atoms with E-state index < -0.39 is 21.7 Å². The second kappa shape index (κ2) is 6.00. The molecule has 4 rings (SSSR count). The van der Waals surface area contributed by atoms with Crippen molar-refractivity contribution in [2.24, 2.45) is 0 Å². The number of hydrogen-bond donors (Lipinski definition) is 1. The van der Waals surface area contributed by atoms with E-state index in [0.29, 0.717) is 22.0 Å². The zero-order valence-corrected chi connectivity index (χ0v) is 14.3. The third-order valence-corrected chi connectivity index (χ3v) is 6.38. The summed E-state index contributed by atoms with van der Waals surface area (Å²) in [5.41, 5.74) is 0.950. The smallest absolute Gasteiger partial charge is 0.248 e. The van der Waals surface area contributed by atoms with Gasteiger partial charge in [0.05, 0.1) is 4.90 Å². The lowest BCUT2D eigenvalue weighted by Crippen LogP contribution is -2.36. The lowest BCUT2D eigenvalue weighted by molar-refractivity contribution is 0.383. The predicted molar refractivity (Wildman–Crippen MR) is 92.2 cm³/mol. The van der Waals surface area contributed by atoms with E-state index in [1.807, 2.05) is 0 Å². The number of H-pyrrole nitrogens is 1. The maximum atomic E-state index is 13.8. The Hall–Kier alpha value is -2.58. The maximum absolute atomic E-state index is 13.8. The summed E-state index contributed by atoms with van der Waals surface area (Å²) in [5, 5.41) is 0.583. The minimum absolute atomic E-state index is 0.0670. The van der Waals surface area contributed by atoms with Crippen LogP contribution >= 0.6 is 0 Å². The third-order valence-electron chi connectivity index (χ3n) is 4.54. The highest BCUT2D eigenvalue weighted by Gasteiger charge is 2.30. The Morgan fingerprint density at radius 1 is 1.04 bits per heavy atom. The van der Waals surface area contributed by atoms with Crippen molar-refractivity contribution in [2.45, 2.75) is 17.9 Å². The molecule has 8 heteroatoms. The van der Waals surface area contributed by atoms with E-state index in [-0.39, 0.29) is 30.0 Å². The average Bonchev–Trinajstić information content (AvgIpc) is 2.60. The molecular formula is C18H14F2N2O3S. The zero-order chi connectivity index (χ0) is 18.5. The fourth-order valence-electron chi connectivity index (χ4n) is 3.23. The number of sulfonamides is 1. The lowest BCUT2D eigenvalue weighted by Gasteiger charge is -2.28. The first-order valence-electron chi connectivity index (χ1n) is 7.95. The highest BCUT2D eigenvalue weighted by Crippen LogP contribution is 2.28. The topological polar surface area (TPSA) is 70.2 Å². The molecule has 134 valence electrons. The second-order valence-electron chi connectivity index (χ2n) is 6.19. The van der Waals surface area contributed by atoms with Crippen LogP contribution < -0.4 is 5.56 Å². The van der Waals surface area contributed by atoms with Crippen LogP contribution in [0.15, 0.2) is 52.2 Å². The van der Waals surface area contributed by atoms with E-state index in [2.05, 4.69) is 4.98 Å². The Labute approximate surface area is 147 Å². The first-order chi connectivity index (χ1) is 12.3. The molecule has 0 amide bonds. The number of benzene rings is 2. The predicted octanol–water partition coefficient (Wildman–Crippen LogP) is 2.55. The van der Waals surface area contributed by atoms with Crippen LogP contribution in [0.5, 0.6) is 0 Å². The highest BCUT2D eigenvalue weighted by molar-refractivity contribution is 7.89. The van der Waals surface area contributed by atoms with Gasteiger partial charge in [-0.25, -0.2) is 17.2 Å². The number of hydrogen-bond acceptors (Lipinski definition) is 3. The Morgan fingerprint density at radius 3 is 2.65 bits per heavy atom. The van der Waals surface area contributed by atoms with Crippen LogP contribution in [0.25, 0.3) is 10.9 Å². The Kier molecular flexibility index (Phi) is 3.89. The molecule has 0 saturated carbocycles. The summed E-state index contributed by atoms with van der Waals surface area (Å²) in [6.07, 6.45) is 0.182. The van der Waals surface area contributed by atoms with Crippen molar-refractivity contribution in [3.8, 4) is 0 Å². The number of rotatable bonds is 2. The van der Waals surface area contributed by atoms with Crippen LogP contribution in [-0.2, 0) is 23.0 Å². The van der Waals surface area contributed by atoms with Crippen LogP contribution in [0, 0.1) is 11.6 Å². The van der Waals surface area contributed by atoms with Crippen molar-refractivity contribution in [1.82, 2.24) is 9.29 Å². The second-order valence-corrected chi connectivity index (χ2v) is 8.12. The van der Waals surface area contributed by atoms with E-state index >= 15 is 0 Å². The van der Waals surface area contributed by atoms with Gasteiger partial charge in [0.2, 0.25) is 15.6 Å². The van der Waals surface area contributed by atoms with Gasteiger partial charge in [0.25, 0.3) is 0 Å². The lowest BCUT2D eigenvalue weighted by atomic mass is 10.0. The molecule has 0 bridgehead atoms. The van der Waals surface area contributed by atoms with Crippen LogP contribution in [0.2, 0.25) is 0 Å². The summed E-state index contributed by atoms with van der Waals surface area (Å²) in [6.45, 7) is 0.0253. The Bertz CT molecular complexity index is 1190. The number of aromatic nitrogens is 1. The van der Waals surface area contributed by atoms with Gasteiger partial charge < -0.3 is 4.98 Å². The van der Waals surface area contributed by atoms with Gasteiger partial charge in [0.15, 0.2) is 0 Å². The number of nitrogens with zero attached hydrogens (tertiary/aromatic N) is 1. The highest BCUT2D eigenvalue weighted by atomic mass is 32.2. The molecule has 0 saturated heterocycles. The van der Waals surface area contributed by atoms with Crippen LogP contribution in [0.3, 0.4) is 0 Å². The number of pyridine rings is 1. The summed E-state index contributed by atoms with van der Waals surface area (Å²) in [7, 11) is -3.84. The van der Waals surface area contributed by atoms with Gasteiger partial charge in [-0.15, -0.1) is 0 Å². The van der Waals surface area contributed by atoms with Crippen LogP contribution in [0.1, 0.15) is 11.1 Å². The van der Waals surface area contributed by atoms with Gasteiger partial charge in [-0.3, -0.25) is 4.79 Å². The van der Waals surface area contributed by atoms with Crippen molar-refractivity contribution in [1.29, 1.82) is 0 Å². The van der Waals surface area contributed by atoms with Crippen molar-refractivity contribution >= 4 is 20.9 Å². The minimum atomic E-state index is -3.84. The van der Waals surface area contributed by atoms with Crippen molar-refractivity contribution in [3.05, 3.63) is 75.6 Å². The largest absolute Gasteiger partial charge is 0.322 e. The molecule has 1 aromatic heterocycles.